The summed E-state index contributed by atoms with van der Waals surface area (Å²) < 4.78 is 6.46. The minimum absolute atomic E-state index is 0.122. The summed E-state index contributed by atoms with van der Waals surface area (Å²) in [5, 5.41) is 9.47. The highest BCUT2D eigenvalue weighted by Gasteiger charge is 2.19. The van der Waals surface area contributed by atoms with Crippen LogP contribution >= 0.6 is 15.9 Å². The maximum absolute atomic E-state index is 9.47. The van der Waals surface area contributed by atoms with E-state index in [9.17, 15) is 5.11 Å². The lowest BCUT2D eigenvalue weighted by Gasteiger charge is -2.25. The molecule has 0 amide bonds. The average Bonchev–Trinajstić information content (AvgIpc) is 2.32. The van der Waals surface area contributed by atoms with Gasteiger partial charge in [-0.2, -0.15) is 0 Å². The van der Waals surface area contributed by atoms with Crippen LogP contribution in [0.25, 0.3) is 0 Å². The average molecular weight is 301 g/mol. The topological polar surface area (TPSA) is 29.5 Å². The number of aliphatic hydroxyl groups excluding tert-OH is 1. The van der Waals surface area contributed by atoms with Crippen molar-refractivity contribution in [2.24, 2.45) is 0 Å². The summed E-state index contributed by atoms with van der Waals surface area (Å²) in [4.78, 5) is 0. The fraction of sp³-hybridized carbons (Fsp3) is 0.571. The van der Waals surface area contributed by atoms with E-state index in [2.05, 4.69) is 41.9 Å². The molecule has 0 heterocycles. The number of ether oxygens (including phenoxy) is 1. The van der Waals surface area contributed by atoms with Crippen LogP contribution in [0.4, 0.5) is 0 Å². The molecule has 1 unspecified atom stereocenters. The number of methoxy groups -OCH3 is 1. The Morgan fingerprint density at radius 1 is 1.29 bits per heavy atom. The van der Waals surface area contributed by atoms with Crippen LogP contribution < -0.4 is 0 Å². The van der Waals surface area contributed by atoms with Crippen LogP contribution in [0.5, 0.6) is 0 Å². The maximum Gasteiger partial charge on any atom is 0.0623 e. The Kier molecular flexibility index (Phi) is 5.63. The van der Waals surface area contributed by atoms with E-state index >= 15 is 0 Å². The second kappa shape index (κ2) is 6.53. The molecule has 0 spiro atoms. The van der Waals surface area contributed by atoms with Crippen LogP contribution in [0.1, 0.15) is 38.2 Å². The minimum Gasteiger partial charge on any atom is -0.396 e. The third-order valence-electron chi connectivity index (χ3n) is 3.21. The van der Waals surface area contributed by atoms with E-state index in [0.29, 0.717) is 0 Å². The van der Waals surface area contributed by atoms with E-state index in [1.807, 2.05) is 12.1 Å². The van der Waals surface area contributed by atoms with Gasteiger partial charge in [0.2, 0.25) is 0 Å². The van der Waals surface area contributed by atoms with Crippen molar-refractivity contribution in [1.29, 1.82) is 0 Å². The molecule has 0 aliphatic carbocycles. The molecule has 0 saturated heterocycles. The Balaban J connectivity index is 2.63. The second-order valence-corrected chi connectivity index (χ2v) is 5.85. The summed E-state index contributed by atoms with van der Waals surface area (Å²) in [6, 6.07) is 8.15. The van der Waals surface area contributed by atoms with Gasteiger partial charge in [0, 0.05) is 24.1 Å². The fourth-order valence-electron chi connectivity index (χ4n) is 1.72. The smallest absolute Gasteiger partial charge is 0.0623 e. The van der Waals surface area contributed by atoms with Crippen molar-refractivity contribution in [3.63, 3.8) is 0 Å². The van der Waals surface area contributed by atoms with Crippen LogP contribution in [-0.2, 0) is 4.74 Å². The SMILES string of the molecule is COC(C)(C)CCC(CO)c1ccc(Br)cc1. The molecule has 1 rings (SSSR count). The zero-order valence-electron chi connectivity index (χ0n) is 10.7. The molecule has 0 aromatic heterocycles. The molecule has 17 heavy (non-hydrogen) atoms. The molecule has 0 fully saturated rings. The van der Waals surface area contributed by atoms with Gasteiger partial charge >= 0.3 is 0 Å². The fourth-order valence-corrected chi connectivity index (χ4v) is 1.99. The number of hydrogen-bond donors (Lipinski definition) is 1. The summed E-state index contributed by atoms with van der Waals surface area (Å²) in [6.07, 6.45) is 1.86. The molecule has 96 valence electrons. The molecule has 0 aliphatic rings. The Bertz CT molecular complexity index is 333. The first-order valence-electron chi connectivity index (χ1n) is 5.90. The molecular weight excluding hydrogens is 280 g/mol. The van der Waals surface area contributed by atoms with Gasteiger partial charge in [-0.05, 0) is 44.4 Å². The van der Waals surface area contributed by atoms with Crippen molar-refractivity contribution < 1.29 is 9.84 Å². The van der Waals surface area contributed by atoms with Gasteiger partial charge in [0.05, 0.1) is 5.60 Å². The van der Waals surface area contributed by atoms with Gasteiger partial charge in [-0.15, -0.1) is 0 Å². The van der Waals surface area contributed by atoms with Gasteiger partial charge in [0.25, 0.3) is 0 Å². The molecule has 1 atom stereocenters. The van der Waals surface area contributed by atoms with Crippen molar-refractivity contribution in [2.75, 3.05) is 13.7 Å². The Labute approximate surface area is 112 Å². The Hall–Kier alpha value is -0.380. The van der Waals surface area contributed by atoms with Gasteiger partial charge in [0.15, 0.2) is 0 Å². The van der Waals surface area contributed by atoms with Gasteiger partial charge in [-0.1, -0.05) is 28.1 Å². The van der Waals surface area contributed by atoms with Crippen LogP contribution in [0.15, 0.2) is 28.7 Å². The summed E-state index contributed by atoms with van der Waals surface area (Å²) in [7, 11) is 1.73. The van der Waals surface area contributed by atoms with Crippen molar-refractivity contribution in [3.8, 4) is 0 Å². The molecule has 3 heteroatoms. The molecule has 0 radical (unpaired) electrons. The van der Waals surface area contributed by atoms with E-state index in [1.165, 1.54) is 5.56 Å². The first-order chi connectivity index (χ1) is 7.98. The molecule has 1 aromatic carbocycles. The van der Waals surface area contributed by atoms with E-state index in [-0.39, 0.29) is 18.1 Å². The van der Waals surface area contributed by atoms with Crippen LogP contribution in [0, 0.1) is 0 Å². The Morgan fingerprint density at radius 3 is 2.35 bits per heavy atom. The summed E-state index contributed by atoms with van der Waals surface area (Å²) in [5.74, 6) is 0.192. The monoisotopic (exact) mass is 300 g/mol. The summed E-state index contributed by atoms with van der Waals surface area (Å²) >= 11 is 3.42. The highest BCUT2D eigenvalue weighted by atomic mass is 79.9. The predicted octanol–water partition coefficient (Wildman–Crippen LogP) is 3.73. The highest BCUT2D eigenvalue weighted by Crippen LogP contribution is 2.26. The molecule has 0 bridgehead atoms. The minimum atomic E-state index is -0.122. The zero-order chi connectivity index (χ0) is 12.9. The van der Waals surface area contributed by atoms with Crippen molar-refractivity contribution >= 4 is 15.9 Å². The lowest BCUT2D eigenvalue weighted by atomic mass is 9.90. The molecule has 1 N–H and O–H groups in total. The maximum atomic E-state index is 9.47. The number of aliphatic hydroxyl groups is 1. The molecule has 0 saturated carbocycles. The first-order valence-corrected chi connectivity index (χ1v) is 6.69. The second-order valence-electron chi connectivity index (χ2n) is 4.93. The van der Waals surface area contributed by atoms with Crippen molar-refractivity contribution in [3.05, 3.63) is 34.3 Å². The normalized spacial score (nSPS) is 13.7. The van der Waals surface area contributed by atoms with Crippen LogP contribution in [0.2, 0.25) is 0 Å². The van der Waals surface area contributed by atoms with E-state index in [1.54, 1.807) is 7.11 Å². The van der Waals surface area contributed by atoms with Crippen molar-refractivity contribution in [2.45, 2.75) is 38.2 Å². The third kappa shape index (κ3) is 4.78. The van der Waals surface area contributed by atoms with Gasteiger partial charge in [-0.3, -0.25) is 0 Å². The van der Waals surface area contributed by atoms with Crippen LogP contribution in [0.3, 0.4) is 0 Å². The van der Waals surface area contributed by atoms with E-state index in [0.717, 1.165) is 17.3 Å². The number of halogens is 1. The quantitative estimate of drug-likeness (QED) is 0.867. The predicted molar refractivity (Wildman–Crippen MR) is 74.3 cm³/mol. The summed E-state index contributed by atoms with van der Waals surface area (Å²) in [5.41, 5.74) is 1.06. The Morgan fingerprint density at radius 2 is 1.88 bits per heavy atom. The molecule has 2 nitrogen and oxygen atoms in total. The molecular formula is C14H21BrO2. The van der Waals surface area contributed by atoms with Crippen LogP contribution in [-0.4, -0.2) is 24.4 Å². The lowest BCUT2D eigenvalue weighted by Crippen LogP contribution is -2.23. The van der Waals surface area contributed by atoms with E-state index < -0.39 is 0 Å². The van der Waals surface area contributed by atoms with Gasteiger partial charge < -0.3 is 9.84 Å². The number of hydrogen-bond acceptors (Lipinski definition) is 2. The molecule has 1 aromatic rings. The van der Waals surface area contributed by atoms with Crippen molar-refractivity contribution in [1.82, 2.24) is 0 Å². The lowest BCUT2D eigenvalue weighted by molar-refractivity contribution is 0.0111. The third-order valence-corrected chi connectivity index (χ3v) is 3.74. The molecule has 0 aliphatic heterocycles. The summed E-state index contributed by atoms with van der Waals surface area (Å²) in [6.45, 7) is 4.33. The number of rotatable bonds is 6. The standard InChI is InChI=1S/C14H21BrO2/c1-14(2,17-3)9-8-12(10-16)11-4-6-13(15)7-5-11/h4-7,12,16H,8-10H2,1-3H3. The number of benzene rings is 1. The first kappa shape index (κ1) is 14.7. The zero-order valence-corrected chi connectivity index (χ0v) is 12.3. The largest absolute Gasteiger partial charge is 0.396 e. The highest BCUT2D eigenvalue weighted by molar-refractivity contribution is 9.10. The van der Waals surface area contributed by atoms with Gasteiger partial charge in [-0.25, -0.2) is 0 Å². The van der Waals surface area contributed by atoms with Gasteiger partial charge in [0.1, 0.15) is 0 Å². The van der Waals surface area contributed by atoms with E-state index in [4.69, 9.17) is 4.74 Å².